The van der Waals surface area contributed by atoms with Gasteiger partial charge in [0, 0.05) is 6.54 Å². The lowest BCUT2D eigenvalue weighted by molar-refractivity contribution is 0.291. The largest absolute Gasteiger partial charge is 0.381 e. The summed E-state index contributed by atoms with van der Waals surface area (Å²) in [6.45, 7) is 3.25. The molecule has 0 unspecified atom stereocenters. The highest BCUT2D eigenvalue weighted by Crippen LogP contribution is 2.41. The van der Waals surface area contributed by atoms with Gasteiger partial charge in [-0.2, -0.15) is 0 Å². The number of para-hydroxylation sites is 1. The molecule has 0 atom stereocenters. The van der Waals surface area contributed by atoms with Crippen molar-refractivity contribution in [2.24, 2.45) is 0 Å². The Morgan fingerprint density at radius 1 is 1.29 bits per heavy atom. The fourth-order valence-electron chi connectivity index (χ4n) is 2.50. The van der Waals surface area contributed by atoms with Gasteiger partial charge in [-0.15, -0.1) is 0 Å². The van der Waals surface area contributed by atoms with E-state index in [0.717, 1.165) is 6.54 Å². The highest BCUT2D eigenvalue weighted by Gasteiger charge is 2.39. The van der Waals surface area contributed by atoms with E-state index in [4.69, 9.17) is 0 Å². The van der Waals surface area contributed by atoms with Crippen LogP contribution < -0.4 is 10.6 Å². The summed E-state index contributed by atoms with van der Waals surface area (Å²) in [7, 11) is 0. The molecule has 0 aromatic heterocycles. The molecule has 2 nitrogen and oxygen atoms in total. The van der Waals surface area contributed by atoms with Gasteiger partial charge in [0.05, 0.1) is 16.9 Å². The Hall–Kier alpha value is -1.18. The third kappa shape index (κ3) is 1.03. The molecule has 1 aliphatic heterocycles. The van der Waals surface area contributed by atoms with Crippen LogP contribution in [0.25, 0.3) is 0 Å². The minimum Gasteiger partial charge on any atom is -0.381 e. The number of anilines is 2. The van der Waals surface area contributed by atoms with Crippen LogP contribution in [-0.4, -0.2) is 12.1 Å². The molecular weight excluding hydrogens is 172 g/mol. The maximum absolute atomic E-state index is 3.69. The van der Waals surface area contributed by atoms with Crippen LogP contribution >= 0.6 is 0 Å². The number of hydrogen-bond donors (Lipinski definition) is 2. The second kappa shape index (κ2) is 2.66. The summed E-state index contributed by atoms with van der Waals surface area (Å²) in [5, 5.41) is 7.25. The standard InChI is InChI=1S/C12H16N2/c1-9-4-2-5-10-11(9)13-8-12(14-10)6-3-7-12/h2,4-5,13-14H,3,6-8H2,1H3. The molecule has 0 amide bonds. The molecule has 1 spiro atoms. The molecule has 14 heavy (non-hydrogen) atoms. The van der Waals surface area contributed by atoms with Crippen LogP contribution in [0.15, 0.2) is 18.2 Å². The Morgan fingerprint density at radius 2 is 2.14 bits per heavy atom. The maximum Gasteiger partial charge on any atom is 0.0606 e. The highest BCUT2D eigenvalue weighted by molar-refractivity contribution is 5.75. The average molecular weight is 188 g/mol. The Bertz CT molecular complexity index is 367. The molecule has 1 fully saturated rings. The van der Waals surface area contributed by atoms with E-state index in [0.29, 0.717) is 5.54 Å². The Kier molecular flexibility index (Phi) is 1.55. The van der Waals surface area contributed by atoms with E-state index < -0.39 is 0 Å². The molecule has 2 heteroatoms. The van der Waals surface area contributed by atoms with E-state index in [-0.39, 0.29) is 0 Å². The van der Waals surface area contributed by atoms with E-state index in [9.17, 15) is 0 Å². The number of nitrogens with one attached hydrogen (secondary N) is 2. The first kappa shape index (κ1) is 8.16. The third-order valence-corrected chi connectivity index (χ3v) is 3.59. The van der Waals surface area contributed by atoms with E-state index in [2.05, 4.69) is 35.8 Å². The predicted molar refractivity (Wildman–Crippen MR) is 59.9 cm³/mol. The first-order valence-corrected chi connectivity index (χ1v) is 5.41. The van der Waals surface area contributed by atoms with Crippen molar-refractivity contribution in [2.75, 3.05) is 17.2 Å². The zero-order valence-electron chi connectivity index (χ0n) is 8.56. The van der Waals surface area contributed by atoms with Gasteiger partial charge in [0.15, 0.2) is 0 Å². The number of hydrogen-bond acceptors (Lipinski definition) is 2. The maximum atomic E-state index is 3.69. The lowest BCUT2D eigenvalue weighted by Gasteiger charge is -2.47. The van der Waals surface area contributed by atoms with Gasteiger partial charge < -0.3 is 10.6 Å². The lowest BCUT2D eigenvalue weighted by Crippen LogP contribution is -2.53. The van der Waals surface area contributed by atoms with Gasteiger partial charge in [-0.1, -0.05) is 12.1 Å². The summed E-state index contributed by atoms with van der Waals surface area (Å²) in [4.78, 5) is 0. The molecule has 0 saturated heterocycles. The van der Waals surface area contributed by atoms with Gasteiger partial charge in [-0.05, 0) is 37.8 Å². The first-order chi connectivity index (χ1) is 6.79. The quantitative estimate of drug-likeness (QED) is 0.654. The Balaban J connectivity index is 1.98. The van der Waals surface area contributed by atoms with Crippen LogP contribution in [0.2, 0.25) is 0 Å². The molecule has 0 bridgehead atoms. The summed E-state index contributed by atoms with van der Waals surface area (Å²) in [5.41, 5.74) is 4.30. The fourth-order valence-corrected chi connectivity index (χ4v) is 2.50. The van der Waals surface area contributed by atoms with Crippen molar-refractivity contribution >= 4 is 11.4 Å². The molecular formula is C12H16N2. The summed E-state index contributed by atoms with van der Waals surface area (Å²) in [6, 6.07) is 6.46. The van der Waals surface area contributed by atoms with Crippen LogP contribution in [-0.2, 0) is 0 Å². The molecule has 1 aromatic rings. The van der Waals surface area contributed by atoms with Crippen molar-refractivity contribution in [1.82, 2.24) is 0 Å². The van der Waals surface area contributed by atoms with Crippen molar-refractivity contribution in [2.45, 2.75) is 31.7 Å². The third-order valence-electron chi connectivity index (χ3n) is 3.59. The van der Waals surface area contributed by atoms with Crippen molar-refractivity contribution in [3.05, 3.63) is 23.8 Å². The average Bonchev–Trinajstić information content (AvgIpc) is 2.15. The van der Waals surface area contributed by atoms with Crippen molar-refractivity contribution < 1.29 is 0 Å². The highest BCUT2D eigenvalue weighted by atomic mass is 15.1. The summed E-state index contributed by atoms with van der Waals surface area (Å²) >= 11 is 0. The topological polar surface area (TPSA) is 24.1 Å². The van der Waals surface area contributed by atoms with E-state index >= 15 is 0 Å². The molecule has 1 saturated carbocycles. The molecule has 3 rings (SSSR count). The lowest BCUT2D eigenvalue weighted by atomic mass is 9.75. The van der Waals surface area contributed by atoms with Crippen LogP contribution in [0.1, 0.15) is 24.8 Å². The number of fused-ring (bicyclic) bond motifs is 1. The van der Waals surface area contributed by atoms with Crippen molar-refractivity contribution in [3.63, 3.8) is 0 Å². The van der Waals surface area contributed by atoms with Crippen molar-refractivity contribution in [3.8, 4) is 0 Å². The Labute approximate surface area is 84.7 Å². The van der Waals surface area contributed by atoms with Gasteiger partial charge in [0.25, 0.3) is 0 Å². The normalized spacial score (nSPS) is 21.8. The van der Waals surface area contributed by atoms with Gasteiger partial charge in [0.2, 0.25) is 0 Å². The van der Waals surface area contributed by atoms with E-state index in [1.54, 1.807) is 0 Å². The van der Waals surface area contributed by atoms with Crippen molar-refractivity contribution in [1.29, 1.82) is 0 Å². The fraction of sp³-hybridized carbons (Fsp3) is 0.500. The minimum atomic E-state index is 0.376. The summed E-state index contributed by atoms with van der Waals surface area (Å²) in [6.07, 6.45) is 4.00. The summed E-state index contributed by atoms with van der Waals surface area (Å²) in [5.74, 6) is 0. The van der Waals surface area contributed by atoms with Crippen LogP contribution in [0, 0.1) is 6.92 Å². The smallest absolute Gasteiger partial charge is 0.0606 e. The second-order valence-corrected chi connectivity index (χ2v) is 4.61. The Morgan fingerprint density at radius 3 is 2.86 bits per heavy atom. The minimum absolute atomic E-state index is 0.376. The molecule has 0 radical (unpaired) electrons. The zero-order chi connectivity index (χ0) is 9.60. The SMILES string of the molecule is Cc1cccc2c1NCC1(CCC1)N2. The van der Waals surface area contributed by atoms with Gasteiger partial charge in [0.1, 0.15) is 0 Å². The van der Waals surface area contributed by atoms with Gasteiger partial charge in [-0.25, -0.2) is 0 Å². The monoisotopic (exact) mass is 188 g/mol. The van der Waals surface area contributed by atoms with E-state index in [1.165, 1.54) is 36.2 Å². The first-order valence-electron chi connectivity index (χ1n) is 5.41. The number of benzene rings is 1. The van der Waals surface area contributed by atoms with E-state index in [1.807, 2.05) is 0 Å². The number of aryl methyl sites for hydroxylation is 1. The van der Waals surface area contributed by atoms with Crippen LogP contribution in [0.5, 0.6) is 0 Å². The molecule has 2 N–H and O–H groups in total. The molecule has 1 heterocycles. The molecule has 1 aromatic carbocycles. The predicted octanol–water partition coefficient (Wildman–Crippen LogP) is 2.76. The number of rotatable bonds is 0. The second-order valence-electron chi connectivity index (χ2n) is 4.61. The summed E-state index contributed by atoms with van der Waals surface area (Å²) < 4.78 is 0. The van der Waals surface area contributed by atoms with Gasteiger partial charge in [-0.3, -0.25) is 0 Å². The zero-order valence-corrected chi connectivity index (χ0v) is 8.56. The van der Waals surface area contributed by atoms with Crippen LogP contribution in [0.3, 0.4) is 0 Å². The van der Waals surface area contributed by atoms with Crippen LogP contribution in [0.4, 0.5) is 11.4 Å². The molecule has 1 aliphatic carbocycles. The van der Waals surface area contributed by atoms with Gasteiger partial charge >= 0.3 is 0 Å². The molecule has 74 valence electrons. The molecule has 2 aliphatic rings.